The Morgan fingerprint density at radius 2 is 1.79 bits per heavy atom. The fraction of sp³-hybridized carbons (Fsp3) is 0.391. The molecule has 0 radical (unpaired) electrons. The molecule has 1 N–H and O–H groups in total. The van der Waals surface area contributed by atoms with Gasteiger partial charge in [0.15, 0.2) is 6.04 Å². The highest BCUT2D eigenvalue weighted by atomic mass is 16.5. The average molecular weight is 379 g/mol. The maximum Gasteiger partial charge on any atom is 0.292 e. The smallest absolute Gasteiger partial charge is 0.292 e. The summed E-state index contributed by atoms with van der Waals surface area (Å²) in [7, 11) is 1.58. The van der Waals surface area contributed by atoms with E-state index in [9.17, 15) is 9.59 Å². The van der Waals surface area contributed by atoms with Gasteiger partial charge in [0.25, 0.3) is 5.91 Å². The third-order valence-corrected chi connectivity index (χ3v) is 6.07. The van der Waals surface area contributed by atoms with Crippen molar-refractivity contribution in [1.29, 1.82) is 0 Å². The first kappa shape index (κ1) is 18.7. The van der Waals surface area contributed by atoms with Gasteiger partial charge in [-0.1, -0.05) is 36.4 Å². The number of quaternary nitrogens is 1. The van der Waals surface area contributed by atoms with Gasteiger partial charge >= 0.3 is 0 Å². The van der Waals surface area contributed by atoms with Crippen molar-refractivity contribution in [3.63, 3.8) is 0 Å². The molecule has 2 saturated heterocycles. The third kappa shape index (κ3) is 3.80. The number of nitrogens with zero attached hydrogens (tertiary/aromatic N) is 1. The standard InChI is InChI=1S/C23H26N2O3/c1-28-20-9-5-8-19(15-20)25-22(26)16-21(23(25)27)24-12-10-18(11-13-24)14-17-6-3-2-4-7-17/h2-9,15,18,21H,10-14,16H2,1H3/p+1/t21-/m1/s1. The van der Waals surface area contributed by atoms with Gasteiger partial charge in [0.05, 0.1) is 32.3 Å². The number of hydrogen-bond acceptors (Lipinski definition) is 3. The number of likely N-dealkylation sites (tertiary alicyclic amines) is 1. The lowest BCUT2D eigenvalue weighted by Crippen LogP contribution is -3.17. The fourth-order valence-electron chi connectivity index (χ4n) is 4.52. The number of carbonyl (C=O) groups is 2. The summed E-state index contributed by atoms with van der Waals surface area (Å²) in [5.41, 5.74) is 1.99. The largest absolute Gasteiger partial charge is 0.497 e. The van der Waals surface area contributed by atoms with Gasteiger partial charge in [0, 0.05) is 6.07 Å². The van der Waals surface area contributed by atoms with E-state index in [0.29, 0.717) is 23.8 Å². The zero-order valence-corrected chi connectivity index (χ0v) is 16.3. The van der Waals surface area contributed by atoms with Crippen LogP contribution in [0.3, 0.4) is 0 Å². The highest BCUT2D eigenvalue weighted by Gasteiger charge is 2.46. The highest BCUT2D eigenvalue weighted by Crippen LogP contribution is 2.26. The van der Waals surface area contributed by atoms with Crippen LogP contribution in [0.2, 0.25) is 0 Å². The van der Waals surface area contributed by atoms with Crippen LogP contribution in [0.25, 0.3) is 0 Å². The van der Waals surface area contributed by atoms with Crippen LogP contribution >= 0.6 is 0 Å². The van der Waals surface area contributed by atoms with Crippen molar-refractivity contribution >= 4 is 17.5 Å². The van der Waals surface area contributed by atoms with E-state index in [2.05, 4.69) is 24.3 Å². The number of carbonyl (C=O) groups excluding carboxylic acids is 2. The second-order valence-electron chi connectivity index (χ2n) is 7.82. The number of hydrogen-bond donors (Lipinski definition) is 1. The molecule has 1 atom stereocenters. The van der Waals surface area contributed by atoms with Crippen LogP contribution in [0, 0.1) is 5.92 Å². The average Bonchev–Trinajstić information content (AvgIpc) is 3.03. The molecular weight excluding hydrogens is 352 g/mol. The van der Waals surface area contributed by atoms with E-state index in [-0.39, 0.29) is 17.9 Å². The molecule has 2 aromatic rings. The molecule has 2 aliphatic rings. The second kappa shape index (κ2) is 8.15. The molecule has 0 saturated carbocycles. The first-order chi connectivity index (χ1) is 13.7. The van der Waals surface area contributed by atoms with Gasteiger partial charge in [0.1, 0.15) is 5.75 Å². The van der Waals surface area contributed by atoms with Crippen molar-refractivity contribution in [2.75, 3.05) is 25.1 Å². The number of nitrogens with one attached hydrogen (secondary N) is 1. The quantitative estimate of drug-likeness (QED) is 0.807. The molecule has 0 aromatic heterocycles. The second-order valence-corrected chi connectivity index (χ2v) is 7.82. The molecule has 4 rings (SSSR count). The molecule has 146 valence electrons. The summed E-state index contributed by atoms with van der Waals surface area (Å²) in [6.07, 6.45) is 3.60. The molecule has 2 fully saturated rings. The van der Waals surface area contributed by atoms with Gasteiger partial charge in [-0.3, -0.25) is 9.59 Å². The van der Waals surface area contributed by atoms with Crippen molar-refractivity contribution in [2.45, 2.75) is 31.7 Å². The van der Waals surface area contributed by atoms with E-state index >= 15 is 0 Å². The first-order valence-corrected chi connectivity index (χ1v) is 10.0. The van der Waals surface area contributed by atoms with Gasteiger partial charge in [-0.2, -0.15) is 0 Å². The first-order valence-electron chi connectivity index (χ1n) is 10.0. The normalized spacial score (nSPS) is 25.2. The molecule has 2 aliphatic heterocycles. The fourth-order valence-corrected chi connectivity index (χ4v) is 4.52. The van der Waals surface area contributed by atoms with Crippen LogP contribution in [0.5, 0.6) is 5.75 Å². The van der Waals surface area contributed by atoms with E-state index in [0.717, 1.165) is 32.4 Å². The van der Waals surface area contributed by atoms with Gasteiger partial charge in [-0.15, -0.1) is 0 Å². The predicted molar refractivity (Wildman–Crippen MR) is 107 cm³/mol. The summed E-state index contributed by atoms with van der Waals surface area (Å²) in [4.78, 5) is 28.2. The van der Waals surface area contributed by atoms with Crippen LogP contribution in [0.4, 0.5) is 5.69 Å². The van der Waals surface area contributed by atoms with Gasteiger partial charge in [-0.05, 0) is 42.9 Å². The number of anilines is 1. The molecule has 28 heavy (non-hydrogen) atoms. The molecule has 0 aliphatic carbocycles. The Bertz CT molecular complexity index is 844. The van der Waals surface area contributed by atoms with Crippen LogP contribution < -0.4 is 14.5 Å². The molecule has 2 amide bonds. The van der Waals surface area contributed by atoms with Gasteiger partial charge < -0.3 is 9.64 Å². The van der Waals surface area contributed by atoms with Crippen LogP contribution in [-0.4, -0.2) is 38.1 Å². The molecule has 0 bridgehead atoms. The number of amides is 2. The Hall–Kier alpha value is -2.66. The van der Waals surface area contributed by atoms with Crippen molar-refractivity contribution in [3.05, 3.63) is 60.2 Å². The van der Waals surface area contributed by atoms with Gasteiger partial charge in [0.2, 0.25) is 5.91 Å². The minimum atomic E-state index is -0.253. The maximum atomic E-state index is 13.0. The van der Waals surface area contributed by atoms with Crippen LogP contribution in [-0.2, 0) is 16.0 Å². The van der Waals surface area contributed by atoms with Crippen LogP contribution in [0.1, 0.15) is 24.8 Å². The highest BCUT2D eigenvalue weighted by molar-refractivity contribution is 6.21. The SMILES string of the molecule is COc1cccc(N2C(=O)C[C@@H]([NH+]3CCC(Cc4ccccc4)CC3)C2=O)c1. The Morgan fingerprint density at radius 1 is 1.04 bits per heavy atom. The number of rotatable bonds is 5. The van der Waals surface area contributed by atoms with E-state index in [1.165, 1.54) is 15.4 Å². The molecule has 0 unspecified atom stereocenters. The Balaban J connectivity index is 1.39. The summed E-state index contributed by atoms with van der Waals surface area (Å²) in [6, 6.07) is 17.5. The van der Waals surface area contributed by atoms with Gasteiger partial charge in [-0.25, -0.2) is 4.90 Å². The van der Waals surface area contributed by atoms with Crippen molar-refractivity contribution in [2.24, 2.45) is 5.92 Å². The summed E-state index contributed by atoms with van der Waals surface area (Å²) >= 11 is 0. The van der Waals surface area contributed by atoms with E-state index < -0.39 is 0 Å². The maximum absolute atomic E-state index is 13.0. The van der Waals surface area contributed by atoms with Crippen LogP contribution in [0.15, 0.2) is 54.6 Å². The molecular formula is C23H27N2O3+. The number of imide groups is 1. The number of ether oxygens (including phenoxy) is 1. The lowest BCUT2D eigenvalue weighted by atomic mass is 9.89. The van der Waals surface area contributed by atoms with Crippen molar-refractivity contribution < 1.29 is 19.2 Å². The lowest BCUT2D eigenvalue weighted by Gasteiger charge is -2.32. The van der Waals surface area contributed by atoms with E-state index in [1.54, 1.807) is 19.2 Å². The molecule has 5 heteroatoms. The lowest BCUT2D eigenvalue weighted by molar-refractivity contribution is -0.920. The topological polar surface area (TPSA) is 51.0 Å². The minimum absolute atomic E-state index is 0.0743. The van der Waals surface area contributed by atoms with E-state index in [4.69, 9.17) is 4.74 Å². The Labute approximate surface area is 165 Å². The Kier molecular flexibility index (Phi) is 5.44. The molecule has 0 spiro atoms. The minimum Gasteiger partial charge on any atom is -0.497 e. The predicted octanol–water partition coefficient (Wildman–Crippen LogP) is 1.86. The zero-order valence-electron chi connectivity index (χ0n) is 16.3. The van der Waals surface area contributed by atoms with Crippen molar-refractivity contribution in [3.8, 4) is 5.75 Å². The molecule has 5 nitrogen and oxygen atoms in total. The molecule has 2 heterocycles. The van der Waals surface area contributed by atoms with E-state index in [1.807, 2.05) is 18.2 Å². The van der Waals surface area contributed by atoms with Crippen molar-refractivity contribution in [1.82, 2.24) is 0 Å². The summed E-state index contributed by atoms with van der Waals surface area (Å²) in [5.74, 6) is 1.13. The Morgan fingerprint density at radius 3 is 2.50 bits per heavy atom. The zero-order chi connectivity index (χ0) is 19.5. The monoisotopic (exact) mass is 379 g/mol. The summed E-state index contributed by atoms with van der Waals surface area (Å²) < 4.78 is 5.23. The number of methoxy groups -OCH3 is 1. The third-order valence-electron chi connectivity index (χ3n) is 6.07. The molecule has 2 aromatic carbocycles. The number of benzene rings is 2. The summed E-state index contributed by atoms with van der Waals surface area (Å²) in [5, 5.41) is 0. The number of piperidine rings is 1. The summed E-state index contributed by atoms with van der Waals surface area (Å²) in [6.45, 7) is 1.90.